The second kappa shape index (κ2) is 16.6. The van der Waals surface area contributed by atoms with Crippen molar-refractivity contribution in [1.82, 2.24) is 15.3 Å². The fourth-order valence-electron chi connectivity index (χ4n) is 5.88. The van der Waals surface area contributed by atoms with Crippen LogP contribution < -0.4 is 21.1 Å². The van der Waals surface area contributed by atoms with E-state index in [4.69, 9.17) is 15.5 Å². The molecule has 0 bridgehead atoms. The van der Waals surface area contributed by atoms with E-state index in [-0.39, 0.29) is 30.7 Å². The number of nitrogens with two attached hydrogens (primary N) is 1. The van der Waals surface area contributed by atoms with Crippen LogP contribution in [-0.2, 0) is 24.1 Å². The molecule has 2 aromatic heterocycles. The van der Waals surface area contributed by atoms with E-state index in [1.165, 1.54) is 54.4 Å². The molecule has 4 aromatic rings. The molecule has 2 heterocycles. The van der Waals surface area contributed by atoms with Crippen molar-refractivity contribution in [3.8, 4) is 5.75 Å². The number of carbonyl (C=O) groups excluding carboxylic acids is 1. The van der Waals surface area contributed by atoms with Crippen molar-refractivity contribution >= 4 is 58.2 Å². The van der Waals surface area contributed by atoms with E-state index in [9.17, 15) is 4.79 Å². The average Bonchev–Trinajstić information content (AvgIpc) is 3.39. The van der Waals surface area contributed by atoms with Gasteiger partial charge >= 0.3 is 0 Å². The van der Waals surface area contributed by atoms with Crippen molar-refractivity contribution < 1.29 is 9.53 Å². The SMILES string of the molecule is COc1ccc2nc3c(c(NCCCCCCCCNC(=O)[C@@H](N)Cc4c[nH]c5ccccc45)c2c1)CCCC3.Cl.Cl. The number of hydrogen-bond acceptors (Lipinski definition) is 5. The predicted molar refractivity (Wildman–Crippen MR) is 179 cm³/mol. The second-order valence-electron chi connectivity index (χ2n) is 11.0. The molecule has 7 nitrogen and oxygen atoms in total. The lowest BCUT2D eigenvalue weighted by molar-refractivity contribution is -0.122. The van der Waals surface area contributed by atoms with Gasteiger partial charge in [0.2, 0.25) is 5.91 Å². The minimum atomic E-state index is -0.532. The summed E-state index contributed by atoms with van der Waals surface area (Å²) in [4.78, 5) is 20.7. The van der Waals surface area contributed by atoms with Gasteiger partial charge in [0.15, 0.2) is 0 Å². The van der Waals surface area contributed by atoms with Gasteiger partial charge in [0, 0.05) is 47.0 Å². The van der Waals surface area contributed by atoms with Crippen molar-refractivity contribution in [2.45, 2.75) is 76.7 Å². The first-order chi connectivity index (χ1) is 19.6. The van der Waals surface area contributed by atoms with E-state index in [1.807, 2.05) is 30.5 Å². The summed E-state index contributed by atoms with van der Waals surface area (Å²) in [5, 5.41) is 9.10. The lowest BCUT2D eigenvalue weighted by Gasteiger charge is -2.22. The van der Waals surface area contributed by atoms with E-state index in [0.717, 1.165) is 66.4 Å². The molecule has 42 heavy (non-hydrogen) atoms. The van der Waals surface area contributed by atoms with E-state index in [2.05, 4.69) is 33.8 Å². The highest BCUT2D eigenvalue weighted by atomic mass is 35.5. The number of para-hydroxylation sites is 1. The Balaban J connectivity index is 0.00000242. The van der Waals surface area contributed by atoms with E-state index >= 15 is 0 Å². The van der Waals surface area contributed by atoms with Crippen LogP contribution in [0.3, 0.4) is 0 Å². The van der Waals surface area contributed by atoms with Gasteiger partial charge in [0.25, 0.3) is 0 Å². The summed E-state index contributed by atoms with van der Waals surface area (Å²) in [6, 6.07) is 13.8. The van der Waals surface area contributed by atoms with Crippen molar-refractivity contribution in [3.05, 3.63) is 65.5 Å². The number of aromatic amines is 1. The number of halogens is 2. The van der Waals surface area contributed by atoms with Crippen LogP contribution in [-0.4, -0.2) is 42.1 Å². The molecule has 2 aromatic carbocycles. The molecule has 0 spiro atoms. The maximum Gasteiger partial charge on any atom is 0.237 e. The molecule has 0 radical (unpaired) electrons. The standard InChI is InChI=1S/C33H43N5O2.2ClH/c1-40-24-16-17-31-27(21-24)32(26-13-7-9-15-30(26)38-31)35-18-10-4-2-3-5-11-19-36-33(39)28(34)20-23-22-37-29-14-8-6-12-25(23)29;;/h6,8,12,14,16-17,21-22,28,37H,2-5,7,9-11,13,15,18-20,34H2,1H3,(H,35,38)(H,36,39);2*1H/t28-;;/m0../s1. The minimum Gasteiger partial charge on any atom is -0.497 e. The van der Waals surface area contributed by atoms with Gasteiger partial charge in [-0.2, -0.15) is 0 Å². The summed E-state index contributed by atoms with van der Waals surface area (Å²) in [6.07, 6.45) is 14.0. The monoisotopic (exact) mass is 613 g/mol. The maximum atomic E-state index is 12.5. The Hall–Kier alpha value is -3.00. The second-order valence-corrected chi connectivity index (χ2v) is 11.0. The first kappa shape index (κ1) is 33.5. The summed E-state index contributed by atoms with van der Waals surface area (Å²) in [5.41, 5.74) is 13.3. The van der Waals surface area contributed by atoms with Crippen LogP contribution in [0.5, 0.6) is 5.75 Å². The molecule has 0 aliphatic heterocycles. The van der Waals surface area contributed by atoms with Crippen LogP contribution in [0.1, 0.15) is 68.2 Å². The number of fused-ring (bicyclic) bond motifs is 3. The topological polar surface area (TPSA) is 105 Å². The Morgan fingerprint density at radius 2 is 1.71 bits per heavy atom. The quantitative estimate of drug-likeness (QED) is 0.116. The number of ether oxygens (including phenoxy) is 1. The maximum absolute atomic E-state index is 12.5. The van der Waals surface area contributed by atoms with Crippen molar-refractivity contribution in [1.29, 1.82) is 0 Å². The van der Waals surface area contributed by atoms with Gasteiger partial charge in [-0.15, -0.1) is 24.8 Å². The number of carbonyl (C=O) groups is 1. The highest BCUT2D eigenvalue weighted by Gasteiger charge is 2.19. The number of unbranched alkanes of at least 4 members (excludes halogenated alkanes) is 5. The number of rotatable bonds is 14. The first-order valence-electron chi connectivity index (χ1n) is 15.0. The summed E-state index contributed by atoms with van der Waals surface area (Å²) < 4.78 is 5.49. The zero-order chi connectivity index (χ0) is 27.7. The van der Waals surface area contributed by atoms with Crippen molar-refractivity contribution in [2.24, 2.45) is 5.73 Å². The van der Waals surface area contributed by atoms with Gasteiger partial charge in [-0.1, -0.05) is 43.9 Å². The van der Waals surface area contributed by atoms with Crippen molar-refractivity contribution in [3.63, 3.8) is 0 Å². The first-order valence-corrected chi connectivity index (χ1v) is 15.0. The van der Waals surface area contributed by atoms with E-state index in [0.29, 0.717) is 13.0 Å². The van der Waals surface area contributed by atoms with Crippen LogP contribution >= 0.6 is 24.8 Å². The largest absolute Gasteiger partial charge is 0.497 e. The molecule has 9 heteroatoms. The minimum absolute atomic E-state index is 0. The third-order valence-electron chi connectivity index (χ3n) is 8.13. The molecular formula is C33H45Cl2N5O2. The normalized spacial score (nSPS) is 13.1. The number of methoxy groups -OCH3 is 1. The molecule has 1 aliphatic rings. The van der Waals surface area contributed by atoms with E-state index < -0.39 is 6.04 Å². The lowest BCUT2D eigenvalue weighted by Crippen LogP contribution is -2.42. The number of nitrogens with one attached hydrogen (secondary N) is 3. The Morgan fingerprint density at radius 1 is 0.976 bits per heavy atom. The van der Waals surface area contributed by atoms with Crippen LogP contribution in [0.2, 0.25) is 0 Å². The highest BCUT2D eigenvalue weighted by molar-refractivity contribution is 5.94. The fraction of sp³-hybridized carbons (Fsp3) is 0.455. The van der Waals surface area contributed by atoms with Crippen LogP contribution in [0.25, 0.3) is 21.8 Å². The van der Waals surface area contributed by atoms with E-state index in [1.54, 1.807) is 7.11 Å². The fourth-order valence-corrected chi connectivity index (χ4v) is 5.88. The Kier molecular flexibility index (Phi) is 13.2. The third-order valence-corrected chi connectivity index (χ3v) is 8.13. The van der Waals surface area contributed by atoms with Gasteiger partial charge in [-0.05, 0) is 80.3 Å². The summed E-state index contributed by atoms with van der Waals surface area (Å²) in [7, 11) is 1.72. The summed E-state index contributed by atoms with van der Waals surface area (Å²) in [5.74, 6) is 0.806. The predicted octanol–water partition coefficient (Wildman–Crippen LogP) is 6.89. The number of amides is 1. The summed E-state index contributed by atoms with van der Waals surface area (Å²) >= 11 is 0. The smallest absolute Gasteiger partial charge is 0.237 e. The van der Waals surface area contributed by atoms with Crippen LogP contribution in [0.4, 0.5) is 5.69 Å². The van der Waals surface area contributed by atoms with Gasteiger partial charge in [0.05, 0.1) is 18.7 Å². The molecule has 0 fully saturated rings. The molecular weight excluding hydrogens is 569 g/mol. The Morgan fingerprint density at radius 3 is 2.52 bits per heavy atom. The van der Waals surface area contributed by atoms with Crippen LogP contribution in [0.15, 0.2) is 48.7 Å². The number of benzene rings is 2. The molecule has 228 valence electrons. The molecule has 5 N–H and O–H groups in total. The number of aromatic nitrogens is 2. The molecule has 5 rings (SSSR count). The highest BCUT2D eigenvalue weighted by Crippen LogP contribution is 2.35. The molecule has 0 unspecified atom stereocenters. The van der Waals surface area contributed by atoms with Crippen molar-refractivity contribution in [2.75, 3.05) is 25.5 Å². The molecule has 1 amide bonds. The van der Waals surface area contributed by atoms with Crippen LogP contribution in [0, 0.1) is 0 Å². The molecule has 1 atom stereocenters. The lowest BCUT2D eigenvalue weighted by atomic mass is 9.92. The average molecular weight is 615 g/mol. The summed E-state index contributed by atoms with van der Waals surface area (Å²) in [6.45, 7) is 1.65. The Bertz CT molecular complexity index is 1440. The molecule has 0 saturated heterocycles. The molecule has 1 aliphatic carbocycles. The number of H-pyrrole nitrogens is 1. The van der Waals surface area contributed by atoms with Gasteiger partial charge in [-0.25, -0.2) is 0 Å². The Labute approximate surface area is 261 Å². The van der Waals surface area contributed by atoms with Gasteiger partial charge in [-0.3, -0.25) is 9.78 Å². The number of nitrogens with zero attached hydrogens (tertiary/aromatic N) is 1. The number of hydrogen-bond donors (Lipinski definition) is 4. The molecule has 0 saturated carbocycles. The number of pyridine rings is 1. The third kappa shape index (κ3) is 8.30. The van der Waals surface area contributed by atoms with Gasteiger partial charge in [0.1, 0.15) is 5.75 Å². The number of aryl methyl sites for hydroxylation is 1. The zero-order valence-electron chi connectivity index (χ0n) is 24.5. The zero-order valence-corrected chi connectivity index (χ0v) is 26.2. The van der Waals surface area contributed by atoms with Gasteiger partial charge < -0.3 is 26.1 Å². The number of anilines is 1.